The first-order valence-electron chi connectivity index (χ1n) is 9.23. The van der Waals surface area contributed by atoms with Gasteiger partial charge in [0, 0.05) is 43.7 Å². The molecule has 1 atom stereocenters. The summed E-state index contributed by atoms with van der Waals surface area (Å²) in [6, 6.07) is 6.05. The Morgan fingerprint density at radius 3 is 2.93 bits per heavy atom. The van der Waals surface area contributed by atoms with E-state index in [-0.39, 0.29) is 5.92 Å². The van der Waals surface area contributed by atoms with Gasteiger partial charge < -0.3 is 9.64 Å². The average Bonchev–Trinajstić information content (AvgIpc) is 2.87. The van der Waals surface area contributed by atoms with Crippen LogP contribution < -0.4 is 4.90 Å². The SMILES string of the molecule is C1=CC(c2cccnc2)CC/C=N\N=C\1c1cc(N2CCOCC2)ncn1. The Labute approximate surface area is 158 Å². The van der Waals surface area contributed by atoms with E-state index >= 15 is 0 Å². The van der Waals surface area contributed by atoms with E-state index in [1.54, 1.807) is 12.5 Å². The summed E-state index contributed by atoms with van der Waals surface area (Å²) >= 11 is 0. The molecule has 0 aromatic carbocycles. The van der Waals surface area contributed by atoms with E-state index in [1.165, 1.54) is 5.56 Å². The van der Waals surface area contributed by atoms with E-state index in [1.807, 2.05) is 30.6 Å². The molecule has 2 aliphatic heterocycles. The molecule has 7 heteroatoms. The molecule has 27 heavy (non-hydrogen) atoms. The Kier molecular flexibility index (Phi) is 5.59. The second kappa shape index (κ2) is 8.64. The maximum Gasteiger partial charge on any atom is 0.132 e. The maximum absolute atomic E-state index is 5.42. The number of allylic oxidation sites excluding steroid dienone is 2. The van der Waals surface area contributed by atoms with Crippen molar-refractivity contribution in [3.63, 3.8) is 0 Å². The molecule has 0 N–H and O–H groups in total. The predicted octanol–water partition coefficient (Wildman–Crippen LogP) is 2.62. The van der Waals surface area contributed by atoms with Gasteiger partial charge in [-0.15, -0.1) is 5.10 Å². The van der Waals surface area contributed by atoms with Crippen LogP contribution in [0.15, 0.2) is 59.3 Å². The van der Waals surface area contributed by atoms with E-state index in [9.17, 15) is 0 Å². The third-order valence-corrected chi connectivity index (χ3v) is 4.70. The third-order valence-electron chi connectivity index (χ3n) is 4.70. The largest absolute Gasteiger partial charge is 0.378 e. The van der Waals surface area contributed by atoms with Gasteiger partial charge in [0.25, 0.3) is 0 Å². The standard InChI is InChI=1S/C20H22N6O/c1-4-17(14-21-7-1)16-3-2-8-24-25-18(6-5-16)19-13-20(23-15-22-19)26-9-11-27-12-10-26/h1,4-8,13-16H,2-3,9-12H2/b6-5?,24-8-,25-18-. The Hall–Kier alpha value is -2.93. The monoisotopic (exact) mass is 362 g/mol. The molecule has 0 bridgehead atoms. The number of hydrogen-bond donors (Lipinski definition) is 0. The third kappa shape index (κ3) is 4.43. The van der Waals surface area contributed by atoms with Crippen LogP contribution in [0.2, 0.25) is 0 Å². The number of hydrogen-bond acceptors (Lipinski definition) is 7. The Balaban J connectivity index is 1.60. The summed E-state index contributed by atoms with van der Waals surface area (Å²) in [5.41, 5.74) is 2.70. The van der Waals surface area contributed by atoms with Gasteiger partial charge in [0.2, 0.25) is 0 Å². The zero-order valence-electron chi connectivity index (χ0n) is 15.1. The van der Waals surface area contributed by atoms with E-state index < -0.39 is 0 Å². The maximum atomic E-state index is 5.42. The molecule has 0 spiro atoms. The molecule has 4 heterocycles. The highest BCUT2D eigenvalue weighted by Crippen LogP contribution is 2.23. The molecule has 0 saturated carbocycles. The lowest BCUT2D eigenvalue weighted by molar-refractivity contribution is 0.122. The van der Waals surface area contributed by atoms with E-state index in [0.717, 1.165) is 56.4 Å². The van der Waals surface area contributed by atoms with Crippen LogP contribution >= 0.6 is 0 Å². The van der Waals surface area contributed by atoms with Gasteiger partial charge in [0.15, 0.2) is 0 Å². The number of morpholine rings is 1. The van der Waals surface area contributed by atoms with Crippen molar-refractivity contribution in [1.29, 1.82) is 0 Å². The van der Waals surface area contributed by atoms with Gasteiger partial charge in [-0.3, -0.25) is 4.98 Å². The van der Waals surface area contributed by atoms with Crippen molar-refractivity contribution >= 4 is 17.7 Å². The minimum absolute atomic E-state index is 0.272. The fourth-order valence-corrected chi connectivity index (χ4v) is 3.21. The van der Waals surface area contributed by atoms with Crippen LogP contribution in [-0.2, 0) is 4.74 Å². The molecule has 0 radical (unpaired) electrons. The molecule has 1 unspecified atom stereocenters. The lowest BCUT2D eigenvalue weighted by Gasteiger charge is -2.27. The lowest BCUT2D eigenvalue weighted by Crippen LogP contribution is -2.36. The summed E-state index contributed by atoms with van der Waals surface area (Å²) < 4.78 is 5.42. The summed E-state index contributed by atoms with van der Waals surface area (Å²) in [6.07, 6.45) is 13.2. The Morgan fingerprint density at radius 2 is 2.07 bits per heavy atom. The van der Waals surface area contributed by atoms with Crippen molar-refractivity contribution in [3.05, 3.63) is 60.3 Å². The lowest BCUT2D eigenvalue weighted by atomic mass is 9.95. The van der Waals surface area contributed by atoms with Gasteiger partial charge in [0.1, 0.15) is 17.9 Å². The fourth-order valence-electron chi connectivity index (χ4n) is 3.21. The zero-order valence-corrected chi connectivity index (χ0v) is 15.1. The molecule has 138 valence electrons. The zero-order chi connectivity index (χ0) is 18.3. The van der Waals surface area contributed by atoms with Gasteiger partial charge in [-0.1, -0.05) is 12.1 Å². The quantitative estimate of drug-likeness (QED) is 0.839. The van der Waals surface area contributed by atoms with Crippen LogP contribution in [0.3, 0.4) is 0 Å². The first-order valence-corrected chi connectivity index (χ1v) is 9.23. The van der Waals surface area contributed by atoms with Crippen molar-refractivity contribution in [2.24, 2.45) is 10.2 Å². The number of nitrogens with zero attached hydrogens (tertiary/aromatic N) is 6. The minimum Gasteiger partial charge on any atom is -0.378 e. The van der Waals surface area contributed by atoms with Gasteiger partial charge in [0.05, 0.1) is 18.9 Å². The van der Waals surface area contributed by atoms with Crippen molar-refractivity contribution in [2.75, 3.05) is 31.2 Å². The Morgan fingerprint density at radius 1 is 1.15 bits per heavy atom. The van der Waals surface area contributed by atoms with Crippen molar-refractivity contribution in [2.45, 2.75) is 18.8 Å². The molecule has 7 nitrogen and oxygen atoms in total. The normalized spacial score (nSPS) is 23.6. The second-order valence-corrected chi connectivity index (χ2v) is 6.47. The molecule has 2 aromatic heterocycles. The molecule has 4 rings (SSSR count). The molecule has 0 amide bonds. The highest BCUT2D eigenvalue weighted by molar-refractivity contribution is 6.07. The number of aromatic nitrogens is 3. The summed E-state index contributed by atoms with van der Waals surface area (Å²) in [5, 5.41) is 8.60. The number of ether oxygens (including phenoxy) is 1. The van der Waals surface area contributed by atoms with Crippen LogP contribution in [-0.4, -0.2) is 53.2 Å². The molecular formula is C20H22N6O. The topological polar surface area (TPSA) is 75.9 Å². The van der Waals surface area contributed by atoms with Gasteiger partial charge in [-0.05, 0) is 30.5 Å². The van der Waals surface area contributed by atoms with Crippen LogP contribution in [0.4, 0.5) is 5.82 Å². The molecule has 1 saturated heterocycles. The molecule has 1 fully saturated rings. The van der Waals surface area contributed by atoms with Crippen LogP contribution in [0.25, 0.3) is 0 Å². The molecular weight excluding hydrogens is 340 g/mol. The number of rotatable bonds is 3. The summed E-state index contributed by atoms with van der Waals surface area (Å²) in [7, 11) is 0. The van der Waals surface area contributed by atoms with Crippen LogP contribution in [0.1, 0.15) is 30.0 Å². The van der Waals surface area contributed by atoms with E-state index in [0.29, 0.717) is 0 Å². The second-order valence-electron chi connectivity index (χ2n) is 6.47. The van der Waals surface area contributed by atoms with Crippen molar-refractivity contribution in [3.8, 4) is 0 Å². The number of pyridine rings is 1. The Bertz CT molecular complexity index is 843. The first-order chi connectivity index (χ1) is 13.4. The highest BCUT2D eigenvalue weighted by atomic mass is 16.5. The minimum atomic E-state index is 0.272. The van der Waals surface area contributed by atoms with E-state index in [2.05, 4.69) is 42.2 Å². The average molecular weight is 362 g/mol. The summed E-state index contributed by atoms with van der Waals surface area (Å²) in [6.45, 7) is 3.11. The number of anilines is 1. The molecule has 2 aromatic rings. The van der Waals surface area contributed by atoms with Crippen LogP contribution in [0.5, 0.6) is 0 Å². The van der Waals surface area contributed by atoms with Gasteiger partial charge in [-0.25, -0.2) is 9.97 Å². The van der Waals surface area contributed by atoms with Gasteiger partial charge in [-0.2, -0.15) is 5.10 Å². The van der Waals surface area contributed by atoms with Crippen molar-refractivity contribution < 1.29 is 4.74 Å². The predicted molar refractivity (Wildman–Crippen MR) is 105 cm³/mol. The van der Waals surface area contributed by atoms with Gasteiger partial charge >= 0.3 is 0 Å². The first kappa shape index (κ1) is 17.5. The summed E-state index contributed by atoms with van der Waals surface area (Å²) in [5.74, 6) is 1.17. The van der Waals surface area contributed by atoms with Crippen LogP contribution in [0, 0.1) is 0 Å². The molecule has 2 aliphatic rings. The highest BCUT2D eigenvalue weighted by Gasteiger charge is 2.15. The van der Waals surface area contributed by atoms with E-state index in [4.69, 9.17) is 4.74 Å². The smallest absolute Gasteiger partial charge is 0.132 e. The molecule has 0 aliphatic carbocycles. The summed E-state index contributed by atoms with van der Waals surface area (Å²) in [4.78, 5) is 15.3. The fraction of sp³-hybridized carbons (Fsp3) is 0.350. The van der Waals surface area contributed by atoms with Crippen molar-refractivity contribution in [1.82, 2.24) is 15.0 Å².